The zero-order valence-electron chi connectivity index (χ0n) is 15.3. The van der Waals surface area contributed by atoms with Gasteiger partial charge in [-0.1, -0.05) is 36.4 Å². The summed E-state index contributed by atoms with van der Waals surface area (Å²) in [5.41, 5.74) is 1.36. The highest BCUT2D eigenvalue weighted by atomic mass is 16.2. The fraction of sp³-hybridized carbons (Fsp3) is 0.500. The molecular weight excluding hydrogens is 314 g/mol. The van der Waals surface area contributed by atoms with E-state index in [4.69, 9.17) is 0 Å². The quantitative estimate of drug-likeness (QED) is 0.767. The van der Waals surface area contributed by atoms with Gasteiger partial charge < -0.3 is 15.1 Å². The van der Waals surface area contributed by atoms with Gasteiger partial charge in [-0.15, -0.1) is 0 Å². The van der Waals surface area contributed by atoms with E-state index >= 15 is 0 Å². The maximum atomic E-state index is 12.2. The Morgan fingerprint density at radius 3 is 2.52 bits per heavy atom. The summed E-state index contributed by atoms with van der Waals surface area (Å²) in [6.45, 7) is 2.34. The van der Waals surface area contributed by atoms with Crippen LogP contribution in [0.25, 0.3) is 0 Å². The van der Waals surface area contributed by atoms with Gasteiger partial charge in [-0.2, -0.15) is 0 Å². The SMILES string of the molecule is CN(C)C/C=C/C(=O)NCC(=O)N1CCC(Cc2ccccc2)CC1. The maximum Gasteiger partial charge on any atom is 0.244 e. The number of hydrogen-bond acceptors (Lipinski definition) is 3. The zero-order chi connectivity index (χ0) is 18.1. The molecule has 1 aliphatic heterocycles. The van der Waals surface area contributed by atoms with Gasteiger partial charge >= 0.3 is 0 Å². The lowest BCUT2D eigenvalue weighted by Gasteiger charge is -2.32. The number of likely N-dealkylation sites (tertiary alicyclic amines) is 1. The molecule has 1 aromatic rings. The van der Waals surface area contributed by atoms with Crippen LogP contribution >= 0.6 is 0 Å². The van der Waals surface area contributed by atoms with E-state index in [1.165, 1.54) is 11.6 Å². The number of nitrogens with one attached hydrogen (secondary N) is 1. The van der Waals surface area contributed by atoms with Crippen molar-refractivity contribution in [1.82, 2.24) is 15.1 Å². The van der Waals surface area contributed by atoms with E-state index in [0.717, 1.165) is 32.4 Å². The second-order valence-electron chi connectivity index (χ2n) is 6.90. The van der Waals surface area contributed by atoms with Crippen LogP contribution in [0.5, 0.6) is 0 Å². The number of carbonyl (C=O) groups excluding carboxylic acids is 2. The molecule has 136 valence electrons. The molecule has 0 bridgehead atoms. The van der Waals surface area contributed by atoms with Crippen molar-refractivity contribution in [2.24, 2.45) is 5.92 Å². The fourth-order valence-corrected chi connectivity index (χ4v) is 3.04. The summed E-state index contributed by atoms with van der Waals surface area (Å²) in [6, 6.07) is 10.5. The minimum absolute atomic E-state index is 0.00696. The number of nitrogens with zero attached hydrogens (tertiary/aromatic N) is 2. The van der Waals surface area contributed by atoms with E-state index in [9.17, 15) is 9.59 Å². The van der Waals surface area contributed by atoms with Crippen LogP contribution in [-0.4, -0.2) is 61.9 Å². The first-order chi connectivity index (χ1) is 12.0. The number of likely N-dealkylation sites (N-methyl/N-ethyl adjacent to an activating group) is 1. The molecule has 1 aliphatic rings. The van der Waals surface area contributed by atoms with Crippen molar-refractivity contribution in [3.8, 4) is 0 Å². The number of carbonyl (C=O) groups is 2. The molecule has 1 fully saturated rings. The average molecular weight is 343 g/mol. The summed E-state index contributed by atoms with van der Waals surface area (Å²) in [6.07, 6.45) is 6.40. The van der Waals surface area contributed by atoms with Gasteiger partial charge in [0.25, 0.3) is 0 Å². The molecule has 5 nitrogen and oxygen atoms in total. The number of amides is 2. The average Bonchev–Trinajstić information content (AvgIpc) is 2.61. The van der Waals surface area contributed by atoms with Gasteiger partial charge in [0, 0.05) is 25.7 Å². The lowest BCUT2D eigenvalue weighted by molar-refractivity contribution is -0.133. The van der Waals surface area contributed by atoms with Gasteiger partial charge in [-0.25, -0.2) is 0 Å². The van der Waals surface area contributed by atoms with E-state index in [2.05, 4.69) is 29.6 Å². The minimum Gasteiger partial charge on any atom is -0.343 e. The first-order valence-electron chi connectivity index (χ1n) is 8.95. The minimum atomic E-state index is -0.214. The Kier molecular flexibility index (Phi) is 7.67. The van der Waals surface area contributed by atoms with Crippen molar-refractivity contribution in [1.29, 1.82) is 0 Å². The molecule has 1 saturated heterocycles. The second kappa shape index (κ2) is 9.99. The molecule has 1 heterocycles. The largest absolute Gasteiger partial charge is 0.343 e. The first-order valence-corrected chi connectivity index (χ1v) is 8.95. The predicted octanol–water partition coefficient (Wildman–Crippen LogP) is 1.70. The molecule has 0 saturated carbocycles. The van der Waals surface area contributed by atoms with Gasteiger partial charge in [0.1, 0.15) is 0 Å². The Balaban J connectivity index is 1.67. The zero-order valence-corrected chi connectivity index (χ0v) is 15.3. The van der Waals surface area contributed by atoms with Crippen LogP contribution in [0.3, 0.4) is 0 Å². The van der Waals surface area contributed by atoms with Crippen molar-refractivity contribution in [3.63, 3.8) is 0 Å². The standard InChI is InChI=1S/C20H29N3O2/c1-22(2)12-6-9-19(24)21-16-20(25)23-13-10-18(11-14-23)15-17-7-4-3-5-8-17/h3-9,18H,10-16H2,1-2H3,(H,21,24)/b9-6+. The van der Waals surface area contributed by atoms with Crippen LogP contribution in [0, 0.1) is 5.92 Å². The number of piperidine rings is 1. The van der Waals surface area contributed by atoms with Crippen molar-refractivity contribution in [2.45, 2.75) is 19.3 Å². The number of rotatable bonds is 7. The third kappa shape index (κ3) is 7.10. The first kappa shape index (κ1) is 19.2. The molecule has 2 amide bonds. The van der Waals surface area contributed by atoms with Crippen molar-refractivity contribution < 1.29 is 9.59 Å². The molecular formula is C20H29N3O2. The van der Waals surface area contributed by atoms with E-state index in [1.807, 2.05) is 30.0 Å². The van der Waals surface area contributed by atoms with Crippen LogP contribution < -0.4 is 5.32 Å². The summed E-state index contributed by atoms with van der Waals surface area (Å²) in [4.78, 5) is 27.7. The highest BCUT2D eigenvalue weighted by Crippen LogP contribution is 2.21. The molecule has 2 rings (SSSR count). The smallest absolute Gasteiger partial charge is 0.244 e. The Morgan fingerprint density at radius 1 is 1.20 bits per heavy atom. The van der Waals surface area contributed by atoms with Crippen molar-refractivity contribution >= 4 is 11.8 Å². The van der Waals surface area contributed by atoms with Gasteiger partial charge in [0.2, 0.25) is 11.8 Å². The molecule has 25 heavy (non-hydrogen) atoms. The highest BCUT2D eigenvalue weighted by Gasteiger charge is 2.22. The number of hydrogen-bond donors (Lipinski definition) is 1. The van der Waals surface area contributed by atoms with Crippen LogP contribution in [0.15, 0.2) is 42.5 Å². The van der Waals surface area contributed by atoms with E-state index < -0.39 is 0 Å². The van der Waals surface area contributed by atoms with Crippen molar-refractivity contribution in [2.75, 3.05) is 40.3 Å². The lowest BCUT2D eigenvalue weighted by Crippen LogP contribution is -2.44. The van der Waals surface area contributed by atoms with E-state index in [0.29, 0.717) is 12.5 Å². The van der Waals surface area contributed by atoms with Crippen LogP contribution in [-0.2, 0) is 16.0 Å². The summed E-state index contributed by atoms with van der Waals surface area (Å²) in [7, 11) is 3.88. The molecule has 0 atom stereocenters. The van der Waals surface area contributed by atoms with Gasteiger partial charge in [-0.3, -0.25) is 9.59 Å². The van der Waals surface area contributed by atoms with Gasteiger partial charge in [0.05, 0.1) is 6.54 Å². The molecule has 0 unspecified atom stereocenters. The summed E-state index contributed by atoms with van der Waals surface area (Å²) < 4.78 is 0. The lowest BCUT2D eigenvalue weighted by atomic mass is 9.90. The Morgan fingerprint density at radius 2 is 1.88 bits per heavy atom. The number of benzene rings is 1. The molecule has 1 aromatic carbocycles. The molecule has 0 spiro atoms. The monoisotopic (exact) mass is 343 g/mol. The molecule has 5 heteroatoms. The molecule has 0 aromatic heterocycles. The topological polar surface area (TPSA) is 52.7 Å². The molecule has 1 N–H and O–H groups in total. The predicted molar refractivity (Wildman–Crippen MR) is 100 cm³/mol. The van der Waals surface area contributed by atoms with Crippen molar-refractivity contribution in [3.05, 3.63) is 48.0 Å². The Labute approximate surface area is 150 Å². The highest BCUT2D eigenvalue weighted by molar-refractivity contribution is 5.91. The van der Waals surface area contributed by atoms with E-state index in [1.54, 1.807) is 6.08 Å². The van der Waals surface area contributed by atoms with Gasteiger partial charge in [-0.05, 0) is 44.8 Å². The van der Waals surface area contributed by atoms with Crippen LogP contribution in [0.1, 0.15) is 18.4 Å². The molecule has 0 aliphatic carbocycles. The van der Waals surface area contributed by atoms with E-state index in [-0.39, 0.29) is 18.4 Å². The third-order valence-electron chi connectivity index (χ3n) is 4.49. The third-order valence-corrected chi connectivity index (χ3v) is 4.49. The second-order valence-corrected chi connectivity index (χ2v) is 6.90. The van der Waals surface area contributed by atoms with Crippen LogP contribution in [0.4, 0.5) is 0 Å². The molecule has 0 radical (unpaired) electrons. The van der Waals surface area contributed by atoms with Crippen LogP contribution in [0.2, 0.25) is 0 Å². The fourth-order valence-electron chi connectivity index (χ4n) is 3.04. The Bertz CT molecular complexity index is 576. The summed E-state index contributed by atoms with van der Waals surface area (Å²) in [5, 5.41) is 2.67. The Hall–Kier alpha value is -2.14. The normalized spacial score (nSPS) is 15.7. The summed E-state index contributed by atoms with van der Waals surface area (Å²) in [5.74, 6) is 0.427. The maximum absolute atomic E-state index is 12.2. The summed E-state index contributed by atoms with van der Waals surface area (Å²) >= 11 is 0. The van der Waals surface area contributed by atoms with Gasteiger partial charge in [0.15, 0.2) is 0 Å².